The van der Waals surface area contributed by atoms with E-state index in [1.807, 2.05) is 24.3 Å². The maximum absolute atomic E-state index is 12.8. The van der Waals surface area contributed by atoms with E-state index >= 15 is 0 Å². The Hall–Kier alpha value is -2.61. The molecule has 140 valence electrons. The number of hydrogen-bond donors (Lipinski definition) is 1. The average Bonchev–Trinajstić information content (AvgIpc) is 2.67. The molecule has 0 saturated carbocycles. The fraction of sp³-hybridized carbons (Fsp3) is 0.0526. The van der Waals surface area contributed by atoms with Gasteiger partial charge < -0.3 is 0 Å². The average molecular weight is 431 g/mol. The molecule has 1 N–H and O–H groups in total. The Morgan fingerprint density at radius 2 is 1.82 bits per heavy atom. The zero-order valence-electron chi connectivity index (χ0n) is 14.2. The summed E-state index contributed by atoms with van der Waals surface area (Å²) in [4.78, 5) is 36.5. The van der Waals surface area contributed by atoms with E-state index in [1.54, 1.807) is 24.3 Å². The van der Waals surface area contributed by atoms with Gasteiger partial charge in [-0.3, -0.25) is 9.78 Å². The molecular formula is C19H12Cl2N4O2S. The van der Waals surface area contributed by atoms with E-state index in [4.69, 9.17) is 23.2 Å². The molecule has 0 aliphatic heterocycles. The van der Waals surface area contributed by atoms with Gasteiger partial charge in [-0.2, -0.15) is 0 Å². The van der Waals surface area contributed by atoms with Crippen molar-refractivity contribution in [3.05, 3.63) is 91.2 Å². The highest BCUT2D eigenvalue weighted by atomic mass is 35.5. The smallest absolute Gasteiger partial charge is 0.291 e. The third kappa shape index (κ3) is 3.82. The van der Waals surface area contributed by atoms with E-state index in [0.29, 0.717) is 26.6 Å². The van der Waals surface area contributed by atoms with Crippen molar-refractivity contribution in [1.29, 1.82) is 0 Å². The molecule has 2 heterocycles. The fourth-order valence-corrected chi connectivity index (χ4v) is 3.72. The van der Waals surface area contributed by atoms with E-state index in [0.717, 1.165) is 10.1 Å². The molecule has 2 aromatic heterocycles. The number of hydrogen-bond acceptors (Lipinski definition) is 5. The fourth-order valence-electron chi connectivity index (χ4n) is 2.64. The minimum absolute atomic E-state index is 0.196. The summed E-state index contributed by atoms with van der Waals surface area (Å²) < 4.78 is 1.01. The van der Waals surface area contributed by atoms with Gasteiger partial charge in [0.05, 0.1) is 5.69 Å². The van der Waals surface area contributed by atoms with E-state index in [1.165, 1.54) is 18.0 Å². The summed E-state index contributed by atoms with van der Waals surface area (Å²) in [6, 6.07) is 14.0. The monoisotopic (exact) mass is 430 g/mol. The van der Waals surface area contributed by atoms with E-state index in [9.17, 15) is 9.59 Å². The first-order chi connectivity index (χ1) is 13.5. The molecule has 0 amide bonds. The Labute approximate surface area is 173 Å². The first kappa shape index (κ1) is 18.7. The molecule has 4 aromatic rings. The molecule has 28 heavy (non-hydrogen) atoms. The number of rotatable bonds is 4. The Balaban J connectivity index is 1.69. The highest BCUT2D eigenvalue weighted by Crippen LogP contribution is 2.21. The van der Waals surface area contributed by atoms with Crippen molar-refractivity contribution >= 4 is 46.0 Å². The summed E-state index contributed by atoms with van der Waals surface area (Å²) in [5, 5.41) is 1.77. The lowest BCUT2D eigenvalue weighted by molar-refractivity contribution is 0.877. The minimum Gasteiger partial charge on any atom is -0.291 e. The van der Waals surface area contributed by atoms with Crippen LogP contribution < -0.4 is 11.2 Å². The molecule has 0 radical (unpaired) electrons. The number of H-pyrrole nitrogens is 1. The summed E-state index contributed by atoms with van der Waals surface area (Å²) in [7, 11) is 0. The zero-order chi connectivity index (χ0) is 19.7. The topological polar surface area (TPSA) is 80.6 Å². The number of nitrogens with one attached hydrogen (secondary N) is 1. The van der Waals surface area contributed by atoms with Crippen LogP contribution in [0.1, 0.15) is 5.56 Å². The second-order valence-corrected chi connectivity index (χ2v) is 7.70. The number of halogens is 2. The number of aromatic amines is 1. The van der Waals surface area contributed by atoms with Crippen molar-refractivity contribution in [3.8, 4) is 5.69 Å². The van der Waals surface area contributed by atoms with Gasteiger partial charge in [0.25, 0.3) is 5.56 Å². The lowest BCUT2D eigenvalue weighted by Gasteiger charge is -2.07. The van der Waals surface area contributed by atoms with Crippen LogP contribution >= 0.6 is 35.0 Å². The molecule has 6 nitrogen and oxygen atoms in total. The quantitative estimate of drug-likeness (QED) is 0.389. The Morgan fingerprint density at radius 1 is 1.04 bits per heavy atom. The van der Waals surface area contributed by atoms with Gasteiger partial charge in [-0.05, 0) is 35.9 Å². The van der Waals surface area contributed by atoms with Crippen LogP contribution in [0.15, 0.2) is 69.5 Å². The van der Waals surface area contributed by atoms with Crippen molar-refractivity contribution in [1.82, 2.24) is 19.5 Å². The molecule has 0 aliphatic rings. The predicted octanol–water partition coefficient (Wildman–Crippen LogP) is 4.07. The van der Waals surface area contributed by atoms with E-state index < -0.39 is 11.2 Å². The second kappa shape index (κ2) is 7.79. The molecule has 0 atom stereocenters. The van der Waals surface area contributed by atoms with Crippen LogP contribution in [0.25, 0.3) is 16.7 Å². The van der Waals surface area contributed by atoms with Crippen molar-refractivity contribution in [2.45, 2.75) is 10.9 Å². The molecule has 0 spiro atoms. The standard InChI is InChI=1S/C19H12Cl2N4O2S/c20-12-6-4-11(5-7-12)10-28-18-22-9-15-16(23-18)24-19(27)25(17(15)26)14-3-1-2-13(21)8-14/h1-9H,10H2,(H,22,23,24,27). The minimum atomic E-state index is -0.591. The molecule has 0 fully saturated rings. The van der Waals surface area contributed by atoms with Gasteiger partial charge in [0.1, 0.15) is 5.39 Å². The van der Waals surface area contributed by atoms with Crippen molar-refractivity contribution in [2.75, 3.05) is 0 Å². The van der Waals surface area contributed by atoms with Crippen molar-refractivity contribution < 1.29 is 0 Å². The Morgan fingerprint density at radius 3 is 2.57 bits per heavy atom. The normalized spacial score (nSPS) is 11.1. The van der Waals surface area contributed by atoms with Crippen LogP contribution in [-0.4, -0.2) is 19.5 Å². The van der Waals surface area contributed by atoms with Crippen LogP contribution in [-0.2, 0) is 5.75 Å². The summed E-state index contributed by atoms with van der Waals surface area (Å²) in [5.41, 5.74) is 0.536. The van der Waals surface area contributed by atoms with Gasteiger partial charge in [0, 0.05) is 22.0 Å². The molecule has 0 aliphatic carbocycles. The van der Waals surface area contributed by atoms with Gasteiger partial charge in [-0.15, -0.1) is 0 Å². The number of thioether (sulfide) groups is 1. The molecular weight excluding hydrogens is 419 g/mol. The highest BCUT2D eigenvalue weighted by molar-refractivity contribution is 7.98. The molecule has 2 aromatic carbocycles. The third-order valence-electron chi connectivity index (χ3n) is 3.98. The number of aromatic nitrogens is 4. The summed E-state index contributed by atoms with van der Waals surface area (Å²) in [6.07, 6.45) is 1.42. The Bertz CT molecular complexity index is 1290. The zero-order valence-corrected chi connectivity index (χ0v) is 16.6. The molecule has 0 unspecified atom stereocenters. The Kier molecular flexibility index (Phi) is 5.21. The van der Waals surface area contributed by atoms with Crippen LogP contribution in [0, 0.1) is 0 Å². The summed E-state index contributed by atoms with van der Waals surface area (Å²) >= 11 is 13.3. The first-order valence-corrected chi connectivity index (χ1v) is 9.91. The number of benzene rings is 2. The van der Waals surface area contributed by atoms with Gasteiger partial charge in [0.15, 0.2) is 10.8 Å². The first-order valence-electron chi connectivity index (χ1n) is 8.16. The van der Waals surface area contributed by atoms with Crippen molar-refractivity contribution in [3.63, 3.8) is 0 Å². The summed E-state index contributed by atoms with van der Waals surface area (Å²) in [5.74, 6) is 0.631. The molecule has 0 bridgehead atoms. The van der Waals surface area contributed by atoms with Crippen LogP contribution in [0.2, 0.25) is 10.0 Å². The van der Waals surface area contributed by atoms with Gasteiger partial charge >= 0.3 is 5.69 Å². The molecule has 0 saturated heterocycles. The maximum atomic E-state index is 12.8. The molecule has 4 rings (SSSR count). The third-order valence-corrected chi connectivity index (χ3v) is 5.40. The van der Waals surface area contributed by atoms with Gasteiger partial charge in [0.2, 0.25) is 0 Å². The lowest BCUT2D eigenvalue weighted by Crippen LogP contribution is -2.34. The highest BCUT2D eigenvalue weighted by Gasteiger charge is 2.12. The van der Waals surface area contributed by atoms with E-state index in [2.05, 4.69) is 15.0 Å². The van der Waals surface area contributed by atoms with Gasteiger partial charge in [-0.1, -0.05) is 53.2 Å². The lowest BCUT2D eigenvalue weighted by atomic mass is 10.2. The maximum Gasteiger partial charge on any atom is 0.334 e. The van der Waals surface area contributed by atoms with E-state index in [-0.39, 0.29) is 11.0 Å². The molecule has 9 heteroatoms. The predicted molar refractivity (Wildman–Crippen MR) is 112 cm³/mol. The SMILES string of the molecule is O=c1[nH]c2nc(SCc3ccc(Cl)cc3)ncc2c(=O)n1-c1cccc(Cl)c1. The number of nitrogens with zero attached hydrogens (tertiary/aromatic N) is 3. The summed E-state index contributed by atoms with van der Waals surface area (Å²) in [6.45, 7) is 0. The van der Waals surface area contributed by atoms with Gasteiger partial charge in [-0.25, -0.2) is 19.3 Å². The van der Waals surface area contributed by atoms with Crippen LogP contribution in [0.4, 0.5) is 0 Å². The van der Waals surface area contributed by atoms with Crippen LogP contribution in [0.3, 0.4) is 0 Å². The largest absolute Gasteiger partial charge is 0.334 e. The van der Waals surface area contributed by atoms with Crippen LogP contribution in [0.5, 0.6) is 0 Å². The van der Waals surface area contributed by atoms with Crippen molar-refractivity contribution in [2.24, 2.45) is 0 Å². The second-order valence-electron chi connectivity index (χ2n) is 5.88. The number of fused-ring (bicyclic) bond motifs is 1.